The summed E-state index contributed by atoms with van der Waals surface area (Å²) in [6.07, 6.45) is 2.33. The van der Waals surface area contributed by atoms with Crippen molar-refractivity contribution < 1.29 is 0 Å². The van der Waals surface area contributed by atoms with Crippen molar-refractivity contribution in [1.82, 2.24) is 15.2 Å². The fourth-order valence-electron chi connectivity index (χ4n) is 1.10. The molecule has 0 rings (SSSR count). The van der Waals surface area contributed by atoms with Crippen LogP contribution in [0.15, 0.2) is 0 Å². The first-order valence-electron chi connectivity index (χ1n) is 4.94. The van der Waals surface area contributed by atoms with Crippen LogP contribution in [0.5, 0.6) is 0 Å². The Morgan fingerprint density at radius 3 is 2.00 bits per heavy atom. The number of hydrogen-bond donors (Lipinski definition) is 2. The quantitative estimate of drug-likeness (QED) is 0.312. The minimum absolute atomic E-state index is 0.959. The fourth-order valence-corrected chi connectivity index (χ4v) is 1.10. The molecule has 0 aliphatic heterocycles. The highest BCUT2D eigenvalue weighted by atomic mass is 15.4. The van der Waals surface area contributed by atoms with E-state index in [0.29, 0.717) is 0 Å². The van der Waals surface area contributed by atoms with E-state index in [1.54, 1.807) is 5.01 Å². The van der Waals surface area contributed by atoms with Crippen LogP contribution in [0, 0.1) is 0 Å². The second-order valence-corrected chi connectivity index (χ2v) is 3.74. The molecule has 0 radical (unpaired) electrons. The lowest BCUT2D eigenvalue weighted by Gasteiger charge is -2.11. The van der Waals surface area contributed by atoms with Gasteiger partial charge in [0.15, 0.2) is 0 Å². The van der Waals surface area contributed by atoms with E-state index in [2.05, 4.69) is 24.3 Å². The summed E-state index contributed by atoms with van der Waals surface area (Å²) in [5.41, 5.74) is 0. The van der Waals surface area contributed by atoms with Gasteiger partial charge in [0.25, 0.3) is 0 Å². The normalized spacial score (nSPS) is 11.5. The van der Waals surface area contributed by atoms with Crippen molar-refractivity contribution in [2.75, 3.05) is 47.3 Å². The Morgan fingerprint density at radius 2 is 1.54 bits per heavy atom. The van der Waals surface area contributed by atoms with E-state index in [0.717, 1.165) is 32.6 Å². The van der Waals surface area contributed by atoms with Crippen LogP contribution < -0.4 is 11.2 Å². The van der Waals surface area contributed by atoms with E-state index in [1.807, 2.05) is 7.05 Å². The van der Waals surface area contributed by atoms with Gasteiger partial charge in [0.2, 0.25) is 0 Å². The second kappa shape index (κ2) is 8.44. The van der Waals surface area contributed by atoms with Crippen molar-refractivity contribution >= 4 is 0 Å². The van der Waals surface area contributed by atoms with Gasteiger partial charge in [0, 0.05) is 13.6 Å². The Labute approximate surface area is 82.0 Å². The van der Waals surface area contributed by atoms with Crippen molar-refractivity contribution in [1.29, 1.82) is 0 Å². The minimum atomic E-state index is 0.959. The lowest BCUT2D eigenvalue weighted by atomic mass is 10.3. The maximum Gasteiger partial charge on any atom is 0.0137 e. The molecule has 0 saturated heterocycles. The van der Waals surface area contributed by atoms with Crippen LogP contribution >= 0.6 is 0 Å². The molecular weight excluding hydrogens is 164 g/mol. The van der Waals surface area contributed by atoms with Crippen LogP contribution in [0.1, 0.15) is 12.8 Å². The predicted molar refractivity (Wildman–Crippen MR) is 57.5 cm³/mol. The molecule has 4 nitrogen and oxygen atoms in total. The summed E-state index contributed by atoms with van der Waals surface area (Å²) >= 11 is 0. The molecular formula is C9H24N4. The molecule has 80 valence electrons. The number of nitrogens with zero attached hydrogens (tertiary/aromatic N) is 2. The maximum atomic E-state index is 5.47. The predicted octanol–water partition coefficient (Wildman–Crippen LogP) is -0.277. The van der Waals surface area contributed by atoms with Crippen molar-refractivity contribution in [3.63, 3.8) is 0 Å². The van der Waals surface area contributed by atoms with Crippen molar-refractivity contribution in [3.8, 4) is 0 Å². The number of rotatable bonds is 8. The molecule has 0 spiro atoms. The van der Waals surface area contributed by atoms with Gasteiger partial charge in [-0.3, -0.25) is 10.9 Å². The molecule has 3 N–H and O–H groups in total. The van der Waals surface area contributed by atoms with Gasteiger partial charge in [-0.1, -0.05) is 0 Å². The van der Waals surface area contributed by atoms with E-state index in [9.17, 15) is 0 Å². The summed E-state index contributed by atoms with van der Waals surface area (Å²) in [6.45, 7) is 4.28. The molecule has 13 heavy (non-hydrogen) atoms. The van der Waals surface area contributed by atoms with E-state index < -0.39 is 0 Å². The summed E-state index contributed by atoms with van der Waals surface area (Å²) in [5.74, 6) is 5.47. The Morgan fingerprint density at radius 1 is 1.00 bits per heavy atom. The third-order valence-corrected chi connectivity index (χ3v) is 1.82. The highest BCUT2D eigenvalue weighted by molar-refractivity contribution is 4.52. The van der Waals surface area contributed by atoms with Crippen LogP contribution in [-0.2, 0) is 0 Å². The zero-order valence-electron chi connectivity index (χ0n) is 9.21. The molecule has 0 saturated carbocycles. The summed E-state index contributed by atoms with van der Waals surface area (Å²) in [7, 11) is 6.10. The summed E-state index contributed by atoms with van der Waals surface area (Å²) in [5, 5.41) is 5.11. The largest absolute Gasteiger partial charge is 0.317 e. The van der Waals surface area contributed by atoms with Crippen molar-refractivity contribution in [2.24, 2.45) is 5.84 Å². The average molecular weight is 188 g/mol. The van der Waals surface area contributed by atoms with Gasteiger partial charge in [0.05, 0.1) is 0 Å². The standard InChI is InChI=1S/C9H24N4/c1-12(2)8-4-6-11-7-5-9-13(3)10/h11H,4-10H2,1-3H3. The monoisotopic (exact) mass is 188 g/mol. The van der Waals surface area contributed by atoms with E-state index in [4.69, 9.17) is 5.84 Å². The van der Waals surface area contributed by atoms with Crippen LogP contribution in [0.3, 0.4) is 0 Å². The molecule has 0 aromatic rings. The van der Waals surface area contributed by atoms with Crippen molar-refractivity contribution in [3.05, 3.63) is 0 Å². The first kappa shape index (κ1) is 12.8. The van der Waals surface area contributed by atoms with Crippen LogP contribution in [0.2, 0.25) is 0 Å². The number of hydrazine groups is 1. The Bertz CT molecular complexity index is 91.8. The molecule has 0 heterocycles. The summed E-state index contributed by atoms with van der Waals surface area (Å²) in [4.78, 5) is 2.20. The molecule has 0 unspecified atom stereocenters. The molecule has 0 bridgehead atoms. The van der Waals surface area contributed by atoms with Gasteiger partial charge < -0.3 is 10.2 Å². The van der Waals surface area contributed by atoms with Gasteiger partial charge >= 0.3 is 0 Å². The van der Waals surface area contributed by atoms with E-state index in [-0.39, 0.29) is 0 Å². The zero-order valence-corrected chi connectivity index (χ0v) is 9.21. The molecule has 4 heteroatoms. The van der Waals surface area contributed by atoms with Gasteiger partial charge in [-0.2, -0.15) is 0 Å². The molecule has 0 atom stereocenters. The van der Waals surface area contributed by atoms with Crippen molar-refractivity contribution in [2.45, 2.75) is 12.8 Å². The summed E-state index contributed by atoms with van der Waals surface area (Å²) < 4.78 is 0. The first-order valence-corrected chi connectivity index (χ1v) is 4.94. The number of nitrogens with two attached hydrogens (primary N) is 1. The highest BCUT2D eigenvalue weighted by Crippen LogP contribution is 1.82. The molecule has 0 fully saturated rings. The second-order valence-electron chi connectivity index (χ2n) is 3.74. The van der Waals surface area contributed by atoms with Crippen LogP contribution in [-0.4, -0.2) is 57.2 Å². The van der Waals surface area contributed by atoms with Crippen LogP contribution in [0.25, 0.3) is 0 Å². The molecule has 0 amide bonds. The van der Waals surface area contributed by atoms with Gasteiger partial charge in [-0.15, -0.1) is 0 Å². The Balaban J connectivity index is 2.92. The Hall–Kier alpha value is -0.160. The lowest BCUT2D eigenvalue weighted by Crippen LogP contribution is -2.30. The lowest BCUT2D eigenvalue weighted by molar-refractivity contribution is 0.338. The topological polar surface area (TPSA) is 44.5 Å². The molecule has 0 aliphatic carbocycles. The van der Waals surface area contributed by atoms with Gasteiger partial charge in [0.1, 0.15) is 0 Å². The van der Waals surface area contributed by atoms with Gasteiger partial charge in [-0.25, -0.2) is 0 Å². The zero-order chi connectivity index (χ0) is 10.1. The smallest absolute Gasteiger partial charge is 0.0137 e. The summed E-state index contributed by atoms with van der Waals surface area (Å²) in [6, 6.07) is 0. The number of nitrogens with one attached hydrogen (secondary N) is 1. The molecule has 0 aliphatic rings. The first-order chi connectivity index (χ1) is 6.13. The highest BCUT2D eigenvalue weighted by Gasteiger charge is 1.92. The maximum absolute atomic E-state index is 5.47. The Kier molecular flexibility index (Phi) is 8.33. The van der Waals surface area contributed by atoms with E-state index in [1.165, 1.54) is 6.42 Å². The van der Waals surface area contributed by atoms with E-state index >= 15 is 0 Å². The van der Waals surface area contributed by atoms with Gasteiger partial charge in [-0.05, 0) is 46.6 Å². The molecule has 0 aromatic heterocycles. The number of hydrogen-bond acceptors (Lipinski definition) is 4. The minimum Gasteiger partial charge on any atom is -0.317 e. The SMILES string of the molecule is CN(C)CCCNCCCN(C)N. The average Bonchev–Trinajstić information content (AvgIpc) is 2.01. The molecule has 0 aromatic carbocycles. The van der Waals surface area contributed by atoms with Crippen LogP contribution in [0.4, 0.5) is 0 Å². The third-order valence-electron chi connectivity index (χ3n) is 1.82. The fraction of sp³-hybridized carbons (Fsp3) is 1.00. The third kappa shape index (κ3) is 11.8.